The highest BCUT2D eigenvalue weighted by molar-refractivity contribution is 7.88. The van der Waals surface area contributed by atoms with Gasteiger partial charge in [-0.3, -0.25) is 4.79 Å². The summed E-state index contributed by atoms with van der Waals surface area (Å²) in [6.07, 6.45) is 2.65. The van der Waals surface area contributed by atoms with Gasteiger partial charge in [0.15, 0.2) is 0 Å². The molecule has 1 aromatic rings. The zero-order valence-electron chi connectivity index (χ0n) is 12.8. The van der Waals surface area contributed by atoms with Gasteiger partial charge in [0.05, 0.1) is 5.75 Å². The van der Waals surface area contributed by atoms with E-state index in [1.165, 1.54) is 0 Å². The number of benzene rings is 1. The zero-order chi connectivity index (χ0) is 15.7. The predicted octanol–water partition coefficient (Wildman–Crippen LogP) is 1.43. The number of sulfonamides is 1. The average molecular weight is 322 g/mol. The number of amides is 1. The molecule has 1 aromatic carbocycles. The van der Waals surface area contributed by atoms with Gasteiger partial charge in [0, 0.05) is 25.6 Å². The van der Waals surface area contributed by atoms with Crippen molar-refractivity contribution in [1.82, 2.24) is 9.62 Å². The molecule has 1 atom stereocenters. The Morgan fingerprint density at radius 3 is 2.77 bits per heavy atom. The van der Waals surface area contributed by atoms with Crippen LogP contribution in [0, 0.1) is 12.8 Å². The first-order chi connectivity index (χ1) is 10.4. The molecule has 1 aliphatic heterocycles. The van der Waals surface area contributed by atoms with Gasteiger partial charge in [-0.25, -0.2) is 13.1 Å². The molecule has 0 radical (unpaired) electrons. The molecule has 3 rings (SSSR count). The quantitative estimate of drug-likeness (QED) is 0.861. The molecule has 22 heavy (non-hydrogen) atoms. The number of carbonyl (C=O) groups excluding carboxylic acids is 1. The smallest absolute Gasteiger partial charge is 0.223 e. The molecule has 1 unspecified atom stereocenters. The van der Waals surface area contributed by atoms with Crippen LogP contribution in [-0.4, -0.2) is 38.4 Å². The molecule has 0 aromatic heterocycles. The van der Waals surface area contributed by atoms with Gasteiger partial charge in [0.1, 0.15) is 0 Å². The summed E-state index contributed by atoms with van der Waals surface area (Å²) in [5.74, 6) is 0.257. The summed E-state index contributed by atoms with van der Waals surface area (Å²) >= 11 is 0. The first-order valence-corrected chi connectivity index (χ1v) is 9.40. The molecule has 1 N–H and O–H groups in total. The number of aryl methyl sites for hydroxylation is 1. The summed E-state index contributed by atoms with van der Waals surface area (Å²) < 4.78 is 27.0. The van der Waals surface area contributed by atoms with E-state index in [0.717, 1.165) is 24.0 Å². The average Bonchev–Trinajstić information content (AvgIpc) is 3.20. The lowest BCUT2D eigenvalue weighted by molar-refractivity contribution is -0.128. The fourth-order valence-corrected chi connectivity index (χ4v) is 4.21. The Hall–Kier alpha value is -1.40. The fourth-order valence-electron chi connectivity index (χ4n) is 3.00. The van der Waals surface area contributed by atoms with E-state index in [9.17, 15) is 13.2 Å². The van der Waals surface area contributed by atoms with Crippen molar-refractivity contribution in [1.29, 1.82) is 0 Å². The van der Waals surface area contributed by atoms with Crippen LogP contribution in [0.2, 0.25) is 0 Å². The first kappa shape index (κ1) is 15.5. The summed E-state index contributed by atoms with van der Waals surface area (Å²) in [7, 11) is -3.36. The van der Waals surface area contributed by atoms with Gasteiger partial charge >= 0.3 is 0 Å². The van der Waals surface area contributed by atoms with Crippen molar-refractivity contribution in [3.05, 3.63) is 35.4 Å². The van der Waals surface area contributed by atoms with Crippen LogP contribution in [0.3, 0.4) is 0 Å². The molecule has 1 amide bonds. The van der Waals surface area contributed by atoms with E-state index in [0.29, 0.717) is 25.6 Å². The molecule has 1 aliphatic carbocycles. The Bertz CT molecular complexity index is 668. The summed E-state index contributed by atoms with van der Waals surface area (Å²) in [5, 5.41) is 0. The normalized spacial score (nSPS) is 22.3. The number of nitrogens with one attached hydrogen (secondary N) is 1. The fraction of sp³-hybridized carbons (Fsp3) is 0.562. The molecule has 2 aliphatic rings. The molecule has 1 heterocycles. The summed E-state index contributed by atoms with van der Waals surface area (Å²) in [6.45, 7) is 2.99. The second kappa shape index (κ2) is 6.01. The van der Waals surface area contributed by atoms with E-state index in [4.69, 9.17) is 0 Å². The maximum atomic E-state index is 12.2. The minimum atomic E-state index is -3.36. The standard InChI is InChI=1S/C16H22N2O3S/c1-12-3-2-4-13(7-12)11-22(20,21)17-9-14-8-16(19)18(10-14)15-5-6-15/h2-4,7,14-15,17H,5-6,8-11H2,1H3. The third-order valence-electron chi connectivity index (χ3n) is 4.26. The van der Waals surface area contributed by atoms with Crippen LogP contribution in [0.5, 0.6) is 0 Å². The van der Waals surface area contributed by atoms with Crippen molar-refractivity contribution >= 4 is 15.9 Å². The largest absolute Gasteiger partial charge is 0.339 e. The summed E-state index contributed by atoms with van der Waals surface area (Å²) in [5.41, 5.74) is 1.84. The van der Waals surface area contributed by atoms with E-state index in [1.807, 2.05) is 36.1 Å². The highest BCUT2D eigenvalue weighted by atomic mass is 32.2. The molecular weight excluding hydrogens is 300 g/mol. The van der Waals surface area contributed by atoms with Crippen LogP contribution < -0.4 is 4.72 Å². The molecule has 1 saturated carbocycles. The summed E-state index contributed by atoms with van der Waals surface area (Å²) in [6, 6.07) is 7.93. The van der Waals surface area contributed by atoms with E-state index in [2.05, 4.69) is 4.72 Å². The van der Waals surface area contributed by atoms with Crippen LogP contribution in [0.25, 0.3) is 0 Å². The Kier molecular flexibility index (Phi) is 4.23. The second-order valence-electron chi connectivity index (χ2n) is 6.44. The number of likely N-dealkylation sites (tertiary alicyclic amines) is 1. The summed E-state index contributed by atoms with van der Waals surface area (Å²) in [4.78, 5) is 13.8. The number of nitrogens with zero attached hydrogens (tertiary/aromatic N) is 1. The highest BCUT2D eigenvalue weighted by Crippen LogP contribution is 2.32. The third kappa shape index (κ3) is 3.87. The first-order valence-electron chi connectivity index (χ1n) is 7.75. The molecular formula is C16H22N2O3S. The zero-order valence-corrected chi connectivity index (χ0v) is 13.6. The van der Waals surface area contributed by atoms with Crippen LogP contribution in [0.1, 0.15) is 30.4 Å². The van der Waals surface area contributed by atoms with E-state index in [-0.39, 0.29) is 17.6 Å². The van der Waals surface area contributed by atoms with E-state index >= 15 is 0 Å². The predicted molar refractivity (Wildman–Crippen MR) is 84.6 cm³/mol. The Morgan fingerprint density at radius 1 is 1.32 bits per heavy atom. The lowest BCUT2D eigenvalue weighted by atomic mass is 10.1. The van der Waals surface area contributed by atoms with Crippen LogP contribution >= 0.6 is 0 Å². The van der Waals surface area contributed by atoms with Crippen molar-refractivity contribution in [2.45, 2.75) is 38.0 Å². The van der Waals surface area contributed by atoms with Gasteiger partial charge in [0.25, 0.3) is 0 Å². The van der Waals surface area contributed by atoms with Crippen molar-refractivity contribution < 1.29 is 13.2 Å². The number of carbonyl (C=O) groups is 1. The number of hydrogen-bond donors (Lipinski definition) is 1. The monoisotopic (exact) mass is 322 g/mol. The van der Waals surface area contributed by atoms with Gasteiger partial charge in [-0.1, -0.05) is 29.8 Å². The van der Waals surface area contributed by atoms with Gasteiger partial charge in [-0.05, 0) is 31.2 Å². The SMILES string of the molecule is Cc1cccc(CS(=O)(=O)NCC2CC(=O)N(C3CC3)C2)c1. The van der Waals surface area contributed by atoms with Crippen molar-refractivity contribution in [2.24, 2.45) is 5.92 Å². The second-order valence-corrected chi connectivity index (χ2v) is 8.25. The number of hydrogen-bond acceptors (Lipinski definition) is 3. The van der Waals surface area contributed by atoms with Gasteiger partial charge in [-0.2, -0.15) is 0 Å². The van der Waals surface area contributed by atoms with Crippen molar-refractivity contribution in [2.75, 3.05) is 13.1 Å². The Labute approximate surface area is 131 Å². The molecule has 0 spiro atoms. The van der Waals surface area contributed by atoms with Crippen LogP contribution in [0.4, 0.5) is 0 Å². The minimum absolute atomic E-state index is 0.0122. The number of rotatable bonds is 6. The molecule has 2 fully saturated rings. The highest BCUT2D eigenvalue weighted by Gasteiger charge is 2.39. The molecule has 5 nitrogen and oxygen atoms in total. The third-order valence-corrected chi connectivity index (χ3v) is 5.58. The maximum Gasteiger partial charge on any atom is 0.223 e. The molecule has 120 valence electrons. The lowest BCUT2D eigenvalue weighted by Gasteiger charge is -2.15. The molecule has 0 bridgehead atoms. The topological polar surface area (TPSA) is 66.5 Å². The lowest BCUT2D eigenvalue weighted by Crippen LogP contribution is -2.32. The van der Waals surface area contributed by atoms with E-state index in [1.54, 1.807) is 0 Å². The van der Waals surface area contributed by atoms with Crippen LogP contribution in [0.15, 0.2) is 24.3 Å². The van der Waals surface area contributed by atoms with Gasteiger partial charge in [-0.15, -0.1) is 0 Å². The molecule has 1 saturated heterocycles. The minimum Gasteiger partial charge on any atom is -0.339 e. The molecule has 6 heteroatoms. The van der Waals surface area contributed by atoms with Gasteiger partial charge < -0.3 is 4.90 Å². The maximum absolute atomic E-state index is 12.2. The Morgan fingerprint density at radius 2 is 2.09 bits per heavy atom. The van der Waals surface area contributed by atoms with Gasteiger partial charge in [0.2, 0.25) is 15.9 Å². The van der Waals surface area contributed by atoms with Crippen LogP contribution in [-0.2, 0) is 20.6 Å². The van der Waals surface area contributed by atoms with E-state index < -0.39 is 10.0 Å². The Balaban J connectivity index is 1.53. The van der Waals surface area contributed by atoms with Crippen molar-refractivity contribution in [3.63, 3.8) is 0 Å². The van der Waals surface area contributed by atoms with Crippen molar-refractivity contribution in [3.8, 4) is 0 Å².